The minimum absolute atomic E-state index is 0.269. The van der Waals surface area contributed by atoms with Crippen molar-refractivity contribution in [3.8, 4) is 17.2 Å². The lowest BCUT2D eigenvalue weighted by Crippen LogP contribution is -2.11. The number of hydrogen-bond acceptors (Lipinski definition) is 7. The predicted octanol–water partition coefficient (Wildman–Crippen LogP) is 5.06. The van der Waals surface area contributed by atoms with E-state index < -0.39 is 17.9 Å². The van der Waals surface area contributed by atoms with Gasteiger partial charge in [0.05, 0.1) is 11.1 Å². The standard InChI is InChI=1S/C27H24O7/c1-4-19-6-8-20(9-7-19)26(29)33-23-14-15-24(18(3)16-23)34-27(30)21-10-12-22(13-11-21)31-17-32-25(28)5-2/h5-16H,2,4,17H2,1,3H3. The normalized spacial score (nSPS) is 10.2. The van der Waals surface area contributed by atoms with Crippen LogP contribution in [0.1, 0.15) is 38.8 Å². The molecule has 0 saturated heterocycles. The summed E-state index contributed by atoms with van der Waals surface area (Å²) in [5.41, 5.74) is 2.52. The van der Waals surface area contributed by atoms with Crippen molar-refractivity contribution in [2.24, 2.45) is 0 Å². The van der Waals surface area contributed by atoms with Crippen molar-refractivity contribution >= 4 is 17.9 Å². The monoisotopic (exact) mass is 460 g/mol. The van der Waals surface area contributed by atoms with Crippen LogP contribution in [0.5, 0.6) is 17.2 Å². The topological polar surface area (TPSA) is 88.1 Å². The van der Waals surface area contributed by atoms with Crippen molar-refractivity contribution in [1.29, 1.82) is 0 Å². The lowest BCUT2D eigenvalue weighted by molar-refractivity contribution is -0.144. The van der Waals surface area contributed by atoms with Gasteiger partial charge in [0.25, 0.3) is 0 Å². The molecule has 0 radical (unpaired) electrons. The molecule has 0 aliphatic rings. The van der Waals surface area contributed by atoms with E-state index in [-0.39, 0.29) is 6.79 Å². The molecule has 7 nitrogen and oxygen atoms in total. The zero-order valence-electron chi connectivity index (χ0n) is 18.9. The Hall–Kier alpha value is -4.39. The molecule has 0 amide bonds. The molecule has 0 aliphatic carbocycles. The first-order chi connectivity index (χ1) is 16.4. The highest BCUT2D eigenvalue weighted by Gasteiger charge is 2.13. The number of ether oxygens (including phenoxy) is 4. The second kappa shape index (κ2) is 11.5. The molecule has 0 fully saturated rings. The zero-order valence-corrected chi connectivity index (χ0v) is 18.9. The summed E-state index contributed by atoms with van der Waals surface area (Å²) in [5.74, 6) is -0.516. The Labute approximate surface area is 197 Å². The molecule has 3 aromatic carbocycles. The molecule has 0 atom stereocenters. The minimum Gasteiger partial charge on any atom is -0.457 e. The summed E-state index contributed by atoms with van der Waals surface area (Å²) in [5, 5.41) is 0. The molecule has 0 aliphatic heterocycles. The molecule has 0 spiro atoms. The van der Waals surface area contributed by atoms with Gasteiger partial charge in [0.1, 0.15) is 17.2 Å². The highest BCUT2D eigenvalue weighted by molar-refractivity contribution is 5.92. The minimum atomic E-state index is -0.595. The lowest BCUT2D eigenvalue weighted by atomic mass is 10.1. The fourth-order valence-corrected chi connectivity index (χ4v) is 2.90. The number of benzene rings is 3. The number of hydrogen-bond donors (Lipinski definition) is 0. The Morgan fingerprint density at radius 2 is 1.41 bits per heavy atom. The first-order valence-electron chi connectivity index (χ1n) is 10.6. The fourth-order valence-electron chi connectivity index (χ4n) is 2.90. The van der Waals surface area contributed by atoms with E-state index in [4.69, 9.17) is 18.9 Å². The van der Waals surface area contributed by atoms with Crippen LogP contribution in [0.25, 0.3) is 0 Å². The van der Waals surface area contributed by atoms with Crippen LogP contribution in [0.3, 0.4) is 0 Å². The molecule has 174 valence electrons. The van der Waals surface area contributed by atoms with E-state index >= 15 is 0 Å². The third-order valence-electron chi connectivity index (χ3n) is 4.84. The van der Waals surface area contributed by atoms with E-state index in [2.05, 4.69) is 6.58 Å². The van der Waals surface area contributed by atoms with E-state index in [1.165, 1.54) is 12.1 Å². The molecule has 0 N–H and O–H groups in total. The van der Waals surface area contributed by atoms with Gasteiger partial charge in [-0.25, -0.2) is 14.4 Å². The van der Waals surface area contributed by atoms with Crippen LogP contribution in [0.15, 0.2) is 79.4 Å². The van der Waals surface area contributed by atoms with Gasteiger partial charge in [-0.05, 0) is 79.1 Å². The fraction of sp³-hybridized carbons (Fsp3) is 0.148. The van der Waals surface area contributed by atoms with E-state index in [1.54, 1.807) is 49.4 Å². The van der Waals surface area contributed by atoms with Crippen LogP contribution in [0, 0.1) is 6.92 Å². The van der Waals surface area contributed by atoms with Gasteiger partial charge in [0, 0.05) is 6.08 Å². The SMILES string of the molecule is C=CC(=O)OCOc1ccc(C(=O)Oc2ccc(OC(=O)c3ccc(CC)cc3)cc2C)cc1. The largest absolute Gasteiger partial charge is 0.457 e. The maximum absolute atomic E-state index is 12.5. The molecular weight excluding hydrogens is 436 g/mol. The Balaban J connectivity index is 1.58. The van der Waals surface area contributed by atoms with Crippen LogP contribution in [-0.2, 0) is 16.0 Å². The van der Waals surface area contributed by atoms with Crippen molar-refractivity contribution in [1.82, 2.24) is 0 Å². The van der Waals surface area contributed by atoms with Crippen molar-refractivity contribution in [2.45, 2.75) is 20.3 Å². The summed E-state index contributed by atoms with van der Waals surface area (Å²) in [6, 6.07) is 18.2. The third-order valence-corrected chi connectivity index (χ3v) is 4.84. The van der Waals surface area contributed by atoms with Crippen molar-refractivity contribution < 1.29 is 33.3 Å². The van der Waals surface area contributed by atoms with Gasteiger partial charge < -0.3 is 18.9 Å². The zero-order chi connectivity index (χ0) is 24.5. The van der Waals surface area contributed by atoms with Gasteiger partial charge in [-0.3, -0.25) is 0 Å². The van der Waals surface area contributed by atoms with Crippen LogP contribution in [0.2, 0.25) is 0 Å². The molecule has 3 aromatic rings. The predicted molar refractivity (Wildman–Crippen MR) is 125 cm³/mol. The molecule has 0 unspecified atom stereocenters. The average Bonchev–Trinajstić information content (AvgIpc) is 2.86. The smallest absolute Gasteiger partial charge is 0.343 e. The number of carbonyl (C=O) groups is 3. The number of carbonyl (C=O) groups excluding carboxylic acids is 3. The lowest BCUT2D eigenvalue weighted by Gasteiger charge is -2.11. The van der Waals surface area contributed by atoms with Crippen molar-refractivity contribution in [3.63, 3.8) is 0 Å². The van der Waals surface area contributed by atoms with E-state index in [9.17, 15) is 14.4 Å². The van der Waals surface area contributed by atoms with E-state index in [0.717, 1.165) is 18.1 Å². The maximum Gasteiger partial charge on any atom is 0.343 e. The molecule has 0 aromatic heterocycles. The molecule has 34 heavy (non-hydrogen) atoms. The van der Waals surface area contributed by atoms with Gasteiger partial charge in [0.2, 0.25) is 6.79 Å². The Kier molecular flexibility index (Phi) is 8.18. The first kappa shape index (κ1) is 24.3. The van der Waals surface area contributed by atoms with Crippen molar-refractivity contribution in [3.05, 3.63) is 102 Å². The summed E-state index contributed by atoms with van der Waals surface area (Å²) in [6.45, 7) is 6.81. The van der Waals surface area contributed by atoms with Gasteiger partial charge in [0.15, 0.2) is 0 Å². The van der Waals surface area contributed by atoms with Crippen LogP contribution in [0.4, 0.5) is 0 Å². The number of esters is 3. The molecule has 7 heteroatoms. The van der Waals surface area contributed by atoms with E-state index in [0.29, 0.717) is 33.9 Å². The first-order valence-corrected chi connectivity index (χ1v) is 10.6. The van der Waals surface area contributed by atoms with Gasteiger partial charge >= 0.3 is 17.9 Å². The summed E-state index contributed by atoms with van der Waals surface area (Å²) < 4.78 is 20.9. The van der Waals surface area contributed by atoms with Gasteiger partial charge in [-0.2, -0.15) is 0 Å². The Bertz CT molecular complexity index is 1180. The molecular formula is C27H24O7. The maximum atomic E-state index is 12.5. The van der Waals surface area contributed by atoms with E-state index in [1.807, 2.05) is 19.1 Å². The second-order valence-electron chi connectivity index (χ2n) is 7.21. The Morgan fingerprint density at radius 3 is 2.00 bits per heavy atom. The van der Waals surface area contributed by atoms with Crippen molar-refractivity contribution in [2.75, 3.05) is 6.79 Å². The molecule has 0 bridgehead atoms. The molecule has 0 saturated carbocycles. The second-order valence-corrected chi connectivity index (χ2v) is 7.21. The van der Waals surface area contributed by atoms with Gasteiger partial charge in [-0.15, -0.1) is 0 Å². The van der Waals surface area contributed by atoms with Crippen LogP contribution < -0.4 is 14.2 Å². The van der Waals surface area contributed by atoms with Gasteiger partial charge in [-0.1, -0.05) is 25.6 Å². The average molecular weight is 460 g/mol. The molecule has 0 heterocycles. The third kappa shape index (κ3) is 6.56. The summed E-state index contributed by atoms with van der Waals surface area (Å²) >= 11 is 0. The highest BCUT2D eigenvalue weighted by atomic mass is 16.7. The summed E-state index contributed by atoms with van der Waals surface area (Å²) in [6.07, 6.45) is 1.92. The summed E-state index contributed by atoms with van der Waals surface area (Å²) in [7, 11) is 0. The quantitative estimate of drug-likeness (QED) is 0.191. The van der Waals surface area contributed by atoms with Crippen LogP contribution in [-0.4, -0.2) is 24.7 Å². The van der Waals surface area contributed by atoms with Crippen LogP contribution >= 0.6 is 0 Å². The Morgan fingerprint density at radius 1 is 0.824 bits per heavy atom. The number of rotatable bonds is 9. The summed E-state index contributed by atoms with van der Waals surface area (Å²) in [4.78, 5) is 35.9. The highest BCUT2D eigenvalue weighted by Crippen LogP contribution is 2.25. The number of aryl methyl sites for hydroxylation is 2. The molecule has 3 rings (SSSR count).